The molecule has 0 aliphatic carbocycles. The summed E-state index contributed by atoms with van der Waals surface area (Å²) in [5, 5.41) is 6.99. The van der Waals surface area contributed by atoms with Crippen molar-refractivity contribution < 1.29 is 9.47 Å². The summed E-state index contributed by atoms with van der Waals surface area (Å²) in [6.07, 6.45) is 2.83. The quantitative estimate of drug-likeness (QED) is 0.347. The number of likely N-dealkylation sites (tertiary alicyclic amines) is 1. The van der Waals surface area contributed by atoms with Gasteiger partial charge >= 0.3 is 0 Å². The van der Waals surface area contributed by atoms with E-state index in [1.165, 1.54) is 5.56 Å². The first-order chi connectivity index (χ1) is 15.2. The van der Waals surface area contributed by atoms with Gasteiger partial charge in [0.25, 0.3) is 0 Å². The van der Waals surface area contributed by atoms with Gasteiger partial charge in [0, 0.05) is 50.6 Å². The van der Waals surface area contributed by atoms with Crippen LogP contribution < -0.4 is 15.4 Å². The Balaban J connectivity index is 1.59. The van der Waals surface area contributed by atoms with Gasteiger partial charge in [0.05, 0.1) is 13.2 Å². The van der Waals surface area contributed by atoms with E-state index in [0.717, 1.165) is 37.6 Å². The third kappa shape index (κ3) is 7.22. The van der Waals surface area contributed by atoms with Crippen LogP contribution in [-0.4, -0.2) is 61.3 Å². The van der Waals surface area contributed by atoms with E-state index >= 15 is 0 Å². The summed E-state index contributed by atoms with van der Waals surface area (Å²) < 4.78 is 10.8. The molecule has 2 atom stereocenters. The minimum atomic E-state index is 0.364. The van der Waals surface area contributed by atoms with Crippen molar-refractivity contribution in [2.75, 3.05) is 33.4 Å². The number of methoxy groups -OCH3 is 1. The van der Waals surface area contributed by atoms with Gasteiger partial charge in [-0.05, 0) is 31.9 Å². The van der Waals surface area contributed by atoms with Crippen molar-refractivity contribution in [1.29, 1.82) is 0 Å². The van der Waals surface area contributed by atoms with Crippen LogP contribution in [-0.2, 0) is 17.8 Å². The van der Waals surface area contributed by atoms with Crippen LogP contribution in [0.2, 0.25) is 0 Å². The molecule has 1 aliphatic rings. The third-order valence-electron chi connectivity index (χ3n) is 5.40. The van der Waals surface area contributed by atoms with Crippen molar-refractivity contribution in [2.45, 2.75) is 45.4 Å². The smallest absolute Gasteiger partial charge is 0.218 e. The summed E-state index contributed by atoms with van der Waals surface area (Å²) in [6.45, 7) is 8.67. The van der Waals surface area contributed by atoms with E-state index in [1.807, 2.05) is 12.1 Å². The van der Waals surface area contributed by atoms with Gasteiger partial charge in [-0.1, -0.05) is 36.4 Å². The molecule has 0 saturated carbocycles. The van der Waals surface area contributed by atoms with Crippen molar-refractivity contribution in [3.05, 3.63) is 59.8 Å². The van der Waals surface area contributed by atoms with Crippen LogP contribution in [0, 0.1) is 0 Å². The molecule has 0 radical (unpaired) electrons. The molecule has 7 heteroatoms. The average molecular weight is 426 g/mol. The summed E-state index contributed by atoms with van der Waals surface area (Å²) in [7, 11) is 1.66. The molecule has 0 bridgehead atoms. The molecule has 0 spiro atoms. The van der Waals surface area contributed by atoms with Crippen molar-refractivity contribution >= 4 is 5.96 Å². The maximum atomic E-state index is 5.74. The molecule has 2 aromatic rings. The molecule has 168 valence electrons. The fourth-order valence-corrected chi connectivity index (χ4v) is 3.81. The van der Waals surface area contributed by atoms with Crippen molar-refractivity contribution in [3.8, 4) is 5.88 Å². The van der Waals surface area contributed by atoms with Gasteiger partial charge in [0.2, 0.25) is 5.88 Å². The summed E-state index contributed by atoms with van der Waals surface area (Å²) in [5.74, 6) is 1.44. The first kappa shape index (κ1) is 23.0. The van der Waals surface area contributed by atoms with Gasteiger partial charge in [-0.3, -0.25) is 4.90 Å². The predicted molar refractivity (Wildman–Crippen MR) is 124 cm³/mol. The highest BCUT2D eigenvalue weighted by Crippen LogP contribution is 2.20. The zero-order chi connectivity index (χ0) is 21.9. The predicted octanol–water partition coefficient (Wildman–Crippen LogP) is 2.82. The van der Waals surface area contributed by atoms with E-state index in [4.69, 9.17) is 14.5 Å². The van der Waals surface area contributed by atoms with Crippen molar-refractivity contribution in [2.24, 2.45) is 4.99 Å². The molecule has 2 N–H and O–H groups in total. The highest BCUT2D eigenvalue weighted by Gasteiger charge is 2.29. The van der Waals surface area contributed by atoms with Crippen LogP contribution >= 0.6 is 0 Å². The van der Waals surface area contributed by atoms with Crippen LogP contribution in [0.15, 0.2) is 53.7 Å². The number of hydrogen-bond acceptors (Lipinski definition) is 5. The molecule has 31 heavy (non-hydrogen) atoms. The Kier molecular flexibility index (Phi) is 9.12. The first-order valence-corrected chi connectivity index (χ1v) is 11.1. The minimum Gasteiger partial charge on any atom is -0.475 e. The molecule has 1 fully saturated rings. The summed E-state index contributed by atoms with van der Waals surface area (Å²) in [6, 6.07) is 15.5. The Morgan fingerprint density at radius 1 is 1.19 bits per heavy atom. The van der Waals surface area contributed by atoms with E-state index in [0.29, 0.717) is 37.7 Å². The van der Waals surface area contributed by atoms with Crippen molar-refractivity contribution in [1.82, 2.24) is 20.5 Å². The number of aromatic nitrogens is 1. The Labute approximate surface area is 185 Å². The summed E-state index contributed by atoms with van der Waals surface area (Å²) >= 11 is 0. The van der Waals surface area contributed by atoms with Gasteiger partial charge in [-0.25, -0.2) is 9.98 Å². The van der Waals surface area contributed by atoms with E-state index in [9.17, 15) is 0 Å². The average Bonchev–Trinajstić information content (AvgIpc) is 3.12. The highest BCUT2D eigenvalue weighted by molar-refractivity contribution is 5.80. The lowest BCUT2D eigenvalue weighted by Crippen LogP contribution is -2.44. The number of nitrogens with one attached hydrogen (secondary N) is 2. The maximum absolute atomic E-state index is 5.74. The van der Waals surface area contributed by atoms with Crippen LogP contribution in [0.25, 0.3) is 0 Å². The second-order valence-electron chi connectivity index (χ2n) is 7.85. The molecule has 1 aromatic carbocycles. The number of benzene rings is 1. The fraction of sp³-hybridized carbons (Fsp3) is 0.500. The lowest BCUT2D eigenvalue weighted by molar-refractivity contribution is 0.143. The second kappa shape index (κ2) is 12.3. The van der Waals surface area contributed by atoms with Crippen LogP contribution in [0.4, 0.5) is 0 Å². The Morgan fingerprint density at radius 3 is 2.81 bits per heavy atom. The Hall–Kier alpha value is -2.64. The number of nitrogens with zero attached hydrogens (tertiary/aromatic N) is 3. The van der Waals surface area contributed by atoms with Crippen LogP contribution in [0.5, 0.6) is 5.88 Å². The lowest BCUT2D eigenvalue weighted by Gasteiger charge is -2.21. The van der Waals surface area contributed by atoms with Gasteiger partial charge in [0.15, 0.2) is 5.96 Å². The molecule has 3 rings (SSSR count). The Bertz CT molecular complexity index is 815. The molecular formula is C24H35N5O2. The van der Waals surface area contributed by atoms with E-state index in [-0.39, 0.29) is 0 Å². The van der Waals surface area contributed by atoms with Gasteiger partial charge < -0.3 is 20.1 Å². The molecule has 2 unspecified atom stereocenters. The monoisotopic (exact) mass is 425 g/mol. The van der Waals surface area contributed by atoms with E-state index in [1.54, 1.807) is 13.3 Å². The normalized spacial score (nSPS) is 19.4. The second-order valence-corrected chi connectivity index (χ2v) is 7.85. The molecule has 7 nitrogen and oxygen atoms in total. The number of ether oxygens (including phenoxy) is 2. The van der Waals surface area contributed by atoms with Gasteiger partial charge in [-0.15, -0.1) is 0 Å². The largest absolute Gasteiger partial charge is 0.475 e. The molecular weight excluding hydrogens is 390 g/mol. The third-order valence-corrected chi connectivity index (χ3v) is 5.40. The zero-order valence-electron chi connectivity index (χ0n) is 18.9. The number of pyridine rings is 1. The fourth-order valence-electron chi connectivity index (χ4n) is 3.81. The maximum Gasteiger partial charge on any atom is 0.218 e. The number of aliphatic imine (C=N–C) groups is 1. The van der Waals surface area contributed by atoms with E-state index < -0.39 is 0 Å². The summed E-state index contributed by atoms with van der Waals surface area (Å²) in [4.78, 5) is 11.7. The number of guanidine groups is 1. The molecule has 2 heterocycles. The molecule has 0 amide bonds. The Morgan fingerprint density at radius 2 is 2.03 bits per heavy atom. The van der Waals surface area contributed by atoms with Crippen molar-refractivity contribution in [3.63, 3.8) is 0 Å². The lowest BCUT2D eigenvalue weighted by atomic mass is 10.2. The zero-order valence-corrected chi connectivity index (χ0v) is 18.9. The number of rotatable bonds is 10. The standard InChI is InChI=1S/C24H35N5O2/c1-4-25-24(27-16-21-11-8-12-26-23(21)31-14-13-30-3)28-22-15-19(2)29(18-22)17-20-9-6-5-7-10-20/h5-12,19,22H,4,13-18H2,1-3H3,(H2,25,27,28). The number of hydrogen-bond donors (Lipinski definition) is 2. The summed E-state index contributed by atoms with van der Waals surface area (Å²) in [5.41, 5.74) is 2.31. The molecule has 1 saturated heterocycles. The highest BCUT2D eigenvalue weighted by atomic mass is 16.5. The topological polar surface area (TPSA) is 71.0 Å². The SMILES string of the molecule is CCNC(=NCc1cccnc1OCCOC)NC1CC(C)N(Cc2ccccc2)C1. The van der Waals surface area contributed by atoms with Crippen LogP contribution in [0.3, 0.4) is 0 Å². The molecule has 1 aliphatic heterocycles. The molecule has 1 aromatic heterocycles. The van der Waals surface area contributed by atoms with Gasteiger partial charge in [-0.2, -0.15) is 0 Å². The van der Waals surface area contributed by atoms with Gasteiger partial charge in [0.1, 0.15) is 6.61 Å². The first-order valence-electron chi connectivity index (χ1n) is 11.1. The minimum absolute atomic E-state index is 0.364. The van der Waals surface area contributed by atoms with E-state index in [2.05, 4.69) is 64.7 Å². The van der Waals surface area contributed by atoms with Crippen LogP contribution in [0.1, 0.15) is 31.4 Å².